The largest absolute Gasteiger partial charge is 0.391 e. The summed E-state index contributed by atoms with van der Waals surface area (Å²) in [6.07, 6.45) is 3.14. The van der Waals surface area contributed by atoms with Crippen molar-refractivity contribution < 1.29 is 13.5 Å². The lowest BCUT2D eigenvalue weighted by Gasteiger charge is -2.12. The van der Waals surface area contributed by atoms with Crippen LogP contribution >= 0.6 is 11.3 Å². The molecule has 3 N–H and O–H groups in total. The van der Waals surface area contributed by atoms with Crippen molar-refractivity contribution >= 4 is 43.1 Å². The van der Waals surface area contributed by atoms with Gasteiger partial charge in [0, 0.05) is 24.7 Å². The Bertz CT molecular complexity index is 1160. The molecule has 0 spiro atoms. The summed E-state index contributed by atoms with van der Waals surface area (Å²) in [7, 11) is -3.82. The molecule has 0 aliphatic carbocycles. The van der Waals surface area contributed by atoms with Crippen LogP contribution in [0.15, 0.2) is 28.7 Å². The Labute approximate surface area is 160 Å². The van der Waals surface area contributed by atoms with E-state index in [4.69, 9.17) is 0 Å². The summed E-state index contributed by atoms with van der Waals surface area (Å²) in [5.74, 6) is 0. The highest BCUT2D eigenvalue weighted by Crippen LogP contribution is 2.33. The lowest BCUT2D eigenvalue weighted by molar-refractivity contribution is 0.198. The van der Waals surface area contributed by atoms with Gasteiger partial charge >= 0.3 is 0 Å². The van der Waals surface area contributed by atoms with E-state index in [-0.39, 0.29) is 4.21 Å². The Morgan fingerprint density at radius 2 is 2.30 bits per heavy atom. The summed E-state index contributed by atoms with van der Waals surface area (Å²) >= 11 is 1.07. The van der Waals surface area contributed by atoms with E-state index >= 15 is 0 Å². The molecule has 1 unspecified atom stereocenters. The van der Waals surface area contributed by atoms with Crippen molar-refractivity contribution in [2.75, 3.05) is 22.7 Å². The van der Waals surface area contributed by atoms with Gasteiger partial charge in [-0.25, -0.2) is 13.4 Å². The van der Waals surface area contributed by atoms with Crippen molar-refractivity contribution in [3.63, 3.8) is 0 Å². The first kappa shape index (κ1) is 17.8. The van der Waals surface area contributed by atoms with Gasteiger partial charge < -0.3 is 15.0 Å². The zero-order chi connectivity index (χ0) is 19.2. The van der Waals surface area contributed by atoms with Gasteiger partial charge in [-0.3, -0.25) is 4.72 Å². The van der Waals surface area contributed by atoms with Crippen molar-refractivity contribution in [3.8, 4) is 6.07 Å². The van der Waals surface area contributed by atoms with Gasteiger partial charge in [-0.05, 0) is 25.0 Å². The van der Waals surface area contributed by atoms with Crippen LogP contribution in [0.1, 0.15) is 17.5 Å². The molecule has 140 valence electrons. The molecule has 3 heterocycles. The quantitative estimate of drug-likeness (QED) is 0.614. The minimum atomic E-state index is -3.82. The second kappa shape index (κ2) is 6.53. The fourth-order valence-electron chi connectivity index (χ4n) is 3.23. The van der Waals surface area contributed by atoms with Crippen molar-refractivity contribution in [2.45, 2.75) is 23.7 Å². The number of thiazole rings is 1. The van der Waals surface area contributed by atoms with Gasteiger partial charge in [-0.15, -0.1) is 0 Å². The zero-order valence-electron chi connectivity index (χ0n) is 14.4. The number of fused-ring (bicyclic) bond motifs is 1. The number of aromatic nitrogens is 2. The number of nitrogens with one attached hydrogen (secondary N) is 2. The molecule has 0 saturated carbocycles. The molecule has 0 amide bonds. The average Bonchev–Trinajstić information content (AvgIpc) is 3.35. The van der Waals surface area contributed by atoms with Crippen LogP contribution in [0.2, 0.25) is 0 Å². The highest BCUT2D eigenvalue weighted by atomic mass is 32.2. The van der Waals surface area contributed by atoms with E-state index in [0.29, 0.717) is 46.8 Å². The lowest BCUT2D eigenvalue weighted by Crippen LogP contribution is -2.20. The molecule has 10 heteroatoms. The maximum absolute atomic E-state index is 12.8. The minimum Gasteiger partial charge on any atom is -0.391 e. The third-order valence-electron chi connectivity index (χ3n) is 4.58. The van der Waals surface area contributed by atoms with E-state index in [9.17, 15) is 18.8 Å². The number of nitriles is 1. The van der Waals surface area contributed by atoms with Crippen LogP contribution in [0.3, 0.4) is 0 Å². The lowest BCUT2D eigenvalue weighted by atomic mass is 10.1. The number of aromatic amines is 1. The smallest absolute Gasteiger partial charge is 0.273 e. The van der Waals surface area contributed by atoms with Crippen LogP contribution in [0.25, 0.3) is 10.9 Å². The van der Waals surface area contributed by atoms with Crippen LogP contribution in [0, 0.1) is 18.3 Å². The maximum atomic E-state index is 12.8. The fraction of sp³-hybridized carbons (Fsp3) is 0.294. The van der Waals surface area contributed by atoms with Crippen molar-refractivity contribution in [1.82, 2.24) is 9.97 Å². The van der Waals surface area contributed by atoms with Crippen LogP contribution in [0.5, 0.6) is 0 Å². The molecule has 8 nitrogen and oxygen atoms in total. The molecule has 4 rings (SSSR count). The molecular weight excluding hydrogens is 386 g/mol. The van der Waals surface area contributed by atoms with Gasteiger partial charge in [0.05, 0.1) is 29.1 Å². The zero-order valence-corrected chi connectivity index (χ0v) is 16.1. The molecule has 0 bridgehead atoms. The monoisotopic (exact) mass is 403 g/mol. The molecule has 1 saturated heterocycles. The van der Waals surface area contributed by atoms with E-state index in [0.717, 1.165) is 16.9 Å². The number of β-amino-alcohol motifs (C(OH)–C–C–N with tert-alkyl or cyclic N) is 1. The molecule has 1 fully saturated rings. The first-order valence-corrected chi connectivity index (χ1v) is 10.6. The standard InChI is InChI=1S/C17H17N5O3S2/c1-10-2-3-13(16-15(10)11(6-18)7-19-16)21-27(24,25)14-8-20-17(26-14)22-5-4-12(23)9-22/h2-3,7-8,12,19,21,23H,4-5,9H2,1H3. The number of hydrogen-bond donors (Lipinski definition) is 3. The van der Waals surface area contributed by atoms with Gasteiger partial charge in [0.15, 0.2) is 9.34 Å². The SMILES string of the molecule is Cc1ccc(NS(=O)(=O)c2cnc(N3CCC(O)C3)s2)c2[nH]cc(C#N)c12. The van der Waals surface area contributed by atoms with E-state index in [1.165, 1.54) is 6.20 Å². The molecule has 1 aliphatic heterocycles. The predicted octanol–water partition coefficient (Wildman–Crippen LogP) is 2.18. The second-order valence-corrected chi connectivity index (χ2v) is 9.37. The van der Waals surface area contributed by atoms with Crippen LogP contribution in [-0.4, -0.2) is 42.7 Å². The van der Waals surface area contributed by atoms with E-state index in [1.54, 1.807) is 18.3 Å². The number of rotatable bonds is 4. The number of hydrogen-bond acceptors (Lipinski definition) is 7. The van der Waals surface area contributed by atoms with Crippen molar-refractivity contribution in [2.24, 2.45) is 0 Å². The number of benzene rings is 1. The van der Waals surface area contributed by atoms with Gasteiger partial charge in [-0.2, -0.15) is 5.26 Å². The van der Waals surface area contributed by atoms with Gasteiger partial charge in [-0.1, -0.05) is 17.4 Å². The summed E-state index contributed by atoms with van der Waals surface area (Å²) in [6.45, 7) is 2.98. The molecule has 1 aromatic carbocycles. The number of sulfonamides is 1. The maximum Gasteiger partial charge on any atom is 0.273 e. The van der Waals surface area contributed by atoms with Gasteiger partial charge in [0.25, 0.3) is 10.0 Å². The third-order valence-corrected chi connectivity index (χ3v) is 7.46. The summed E-state index contributed by atoms with van der Waals surface area (Å²) in [4.78, 5) is 9.05. The minimum absolute atomic E-state index is 0.0969. The van der Waals surface area contributed by atoms with Gasteiger partial charge in [0.1, 0.15) is 6.07 Å². The number of aliphatic hydroxyl groups is 1. The van der Waals surface area contributed by atoms with Crippen LogP contribution in [-0.2, 0) is 10.0 Å². The summed E-state index contributed by atoms with van der Waals surface area (Å²) < 4.78 is 28.3. The molecular formula is C17H17N5O3S2. The van der Waals surface area contributed by atoms with E-state index in [2.05, 4.69) is 20.8 Å². The highest BCUT2D eigenvalue weighted by molar-refractivity contribution is 7.94. The van der Waals surface area contributed by atoms with Gasteiger partial charge in [0.2, 0.25) is 0 Å². The molecule has 2 aromatic heterocycles. The second-order valence-electron chi connectivity index (χ2n) is 6.45. The first-order chi connectivity index (χ1) is 12.9. The summed E-state index contributed by atoms with van der Waals surface area (Å²) in [5.41, 5.74) is 2.31. The predicted molar refractivity (Wildman–Crippen MR) is 104 cm³/mol. The number of anilines is 2. The number of H-pyrrole nitrogens is 1. The number of aliphatic hydroxyl groups excluding tert-OH is 1. The third kappa shape index (κ3) is 3.14. The highest BCUT2D eigenvalue weighted by Gasteiger charge is 2.26. The Morgan fingerprint density at radius 3 is 3.00 bits per heavy atom. The fourth-order valence-corrected chi connectivity index (χ4v) is 5.45. The first-order valence-electron chi connectivity index (χ1n) is 8.31. The summed E-state index contributed by atoms with van der Waals surface area (Å²) in [6, 6.07) is 5.56. The normalized spacial score (nSPS) is 17.4. The topological polar surface area (TPSA) is 122 Å². The Morgan fingerprint density at radius 1 is 1.48 bits per heavy atom. The van der Waals surface area contributed by atoms with Crippen molar-refractivity contribution in [3.05, 3.63) is 35.7 Å². The summed E-state index contributed by atoms with van der Waals surface area (Å²) in [5, 5.41) is 20.2. The Balaban J connectivity index is 1.66. The van der Waals surface area contributed by atoms with E-state index < -0.39 is 16.1 Å². The van der Waals surface area contributed by atoms with Crippen LogP contribution in [0.4, 0.5) is 10.8 Å². The molecule has 1 atom stereocenters. The van der Waals surface area contributed by atoms with E-state index in [1.807, 2.05) is 11.8 Å². The molecule has 1 aliphatic rings. The average molecular weight is 403 g/mol. The number of aryl methyl sites for hydroxylation is 1. The van der Waals surface area contributed by atoms with Crippen molar-refractivity contribution in [1.29, 1.82) is 5.26 Å². The Kier molecular flexibility index (Phi) is 4.30. The molecule has 27 heavy (non-hydrogen) atoms. The van der Waals surface area contributed by atoms with Crippen LogP contribution < -0.4 is 9.62 Å². The Hall–Kier alpha value is -2.61. The molecule has 3 aromatic rings. The molecule has 0 radical (unpaired) electrons. The number of nitrogens with zero attached hydrogens (tertiary/aromatic N) is 3.